The van der Waals surface area contributed by atoms with Gasteiger partial charge in [-0.15, -0.1) is 0 Å². The van der Waals surface area contributed by atoms with Crippen LogP contribution in [0.2, 0.25) is 5.02 Å². The van der Waals surface area contributed by atoms with Crippen molar-refractivity contribution in [2.24, 2.45) is 5.92 Å². The van der Waals surface area contributed by atoms with E-state index in [1.807, 2.05) is 6.07 Å². The molecule has 0 aliphatic carbocycles. The number of nitriles is 1. The lowest BCUT2D eigenvalue weighted by Gasteiger charge is -2.35. The lowest BCUT2D eigenvalue weighted by atomic mass is 10.0. The SMILES string of the molecule is CS(=O)(=O)N1CCC(Nc2ncc(C(F)(F)F)c(-c3cn(-c4ccc(CN5CC(C#N)C5)cc4Cl)cn3)n2)CC1. The van der Waals surface area contributed by atoms with Gasteiger partial charge in [0.25, 0.3) is 0 Å². The molecule has 4 heterocycles. The van der Waals surface area contributed by atoms with Crippen LogP contribution in [0.3, 0.4) is 0 Å². The molecule has 15 heteroatoms. The summed E-state index contributed by atoms with van der Waals surface area (Å²) in [5.74, 6) is 0.0495. The molecule has 0 saturated carbocycles. The number of sulfonamides is 1. The van der Waals surface area contributed by atoms with Crippen molar-refractivity contribution in [3.05, 3.63) is 53.1 Å². The number of aromatic nitrogens is 4. The van der Waals surface area contributed by atoms with Crippen LogP contribution < -0.4 is 5.32 Å². The Bertz CT molecular complexity index is 1540. The fourth-order valence-electron chi connectivity index (χ4n) is 4.84. The van der Waals surface area contributed by atoms with E-state index >= 15 is 0 Å². The van der Waals surface area contributed by atoms with Crippen molar-refractivity contribution >= 4 is 27.6 Å². The van der Waals surface area contributed by atoms with Gasteiger partial charge in [-0.2, -0.15) is 18.4 Å². The molecule has 10 nitrogen and oxygen atoms in total. The molecule has 0 bridgehead atoms. The number of nitrogens with one attached hydrogen (secondary N) is 1. The van der Waals surface area contributed by atoms with Gasteiger partial charge < -0.3 is 9.88 Å². The van der Waals surface area contributed by atoms with Crippen molar-refractivity contribution in [2.75, 3.05) is 37.8 Å². The zero-order valence-electron chi connectivity index (χ0n) is 21.4. The van der Waals surface area contributed by atoms with E-state index < -0.39 is 21.8 Å². The van der Waals surface area contributed by atoms with Crippen LogP contribution in [0.5, 0.6) is 0 Å². The van der Waals surface area contributed by atoms with Gasteiger partial charge in [-0.1, -0.05) is 17.7 Å². The summed E-state index contributed by atoms with van der Waals surface area (Å²) >= 11 is 6.52. The molecule has 2 aromatic heterocycles. The zero-order valence-corrected chi connectivity index (χ0v) is 23.0. The Morgan fingerprint density at radius 1 is 1.20 bits per heavy atom. The smallest absolute Gasteiger partial charge is 0.351 e. The lowest BCUT2D eigenvalue weighted by Crippen LogP contribution is -2.45. The molecule has 3 aromatic rings. The summed E-state index contributed by atoms with van der Waals surface area (Å²) in [6, 6.07) is 7.48. The van der Waals surface area contributed by atoms with Crippen molar-refractivity contribution in [1.29, 1.82) is 5.26 Å². The molecule has 40 heavy (non-hydrogen) atoms. The summed E-state index contributed by atoms with van der Waals surface area (Å²) in [6.45, 7) is 2.65. The predicted molar refractivity (Wildman–Crippen MR) is 142 cm³/mol. The number of benzene rings is 1. The number of rotatable bonds is 7. The first-order chi connectivity index (χ1) is 18.9. The van der Waals surface area contributed by atoms with Gasteiger partial charge in [0.15, 0.2) is 0 Å². The monoisotopic (exact) mass is 594 g/mol. The average Bonchev–Trinajstić information content (AvgIpc) is 3.35. The van der Waals surface area contributed by atoms with Gasteiger partial charge in [-0.3, -0.25) is 4.90 Å². The van der Waals surface area contributed by atoms with Crippen molar-refractivity contribution in [3.63, 3.8) is 0 Å². The summed E-state index contributed by atoms with van der Waals surface area (Å²) in [5.41, 5.74) is 0.0877. The molecular weight excluding hydrogens is 569 g/mol. The zero-order chi connectivity index (χ0) is 28.7. The van der Waals surface area contributed by atoms with E-state index in [0.717, 1.165) is 18.0 Å². The van der Waals surface area contributed by atoms with Crippen LogP contribution in [0, 0.1) is 17.2 Å². The van der Waals surface area contributed by atoms with Crippen molar-refractivity contribution in [1.82, 2.24) is 28.7 Å². The molecule has 0 atom stereocenters. The second-order valence-electron chi connectivity index (χ2n) is 10.0. The number of alkyl halides is 3. The number of piperidine rings is 1. The summed E-state index contributed by atoms with van der Waals surface area (Å²) in [7, 11) is -3.30. The first-order valence-electron chi connectivity index (χ1n) is 12.5. The van der Waals surface area contributed by atoms with Crippen LogP contribution in [-0.4, -0.2) is 75.6 Å². The number of hydrogen-bond acceptors (Lipinski definition) is 8. The standard InChI is InChI=1S/C25H26ClF3N8O2S/c1-40(38,39)37-6-4-18(5-7-37)33-24-31-10-19(25(27,28)29)23(34-24)21-14-36(15-32-21)22-3-2-16(8-20(22)26)11-35-12-17(9-30)13-35/h2-3,8,10,14-15,17-18H,4-7,11-13H2,1H3,(H,31,33,34). The van der Waals surface area contributed by atoms with Gasteiger partial charge in [-0.25, -0.2) is 27.7 Å². The Balaban J connectivity index is 1.35. The molecule has 2 aliphatic heterocycles. The van der Waals surface area contributed by atoms with Crippen LogP contribution in [0.25, 0.3) is 17.1 Å². The predicted octanol–water partition coefficient (Wildman–Crippen LogP) is 3.79. The molecule has 0 amide bonds. The maximum atomic E-state index is 13.9. The van der Waals surface area contributed by atoms with Crippen LogP contribution in [0.4, 0.5) is 19.1 Å². The van der Waals surface area contributed by atoms with E-state index in [2.05, 4.69) is 31.2 Å². The quantitative estimate of drug-likeness (QED) is 0.439. The highest BCUT2D eigenvalue weighted by Gasteiger charge is 2.36. The fourth-order valence-corrected chi connectivity index (χ4v) is 6.02. The van der Waals surface area contributed by atoms with Crippen molar-refractivity contribution < 1.29 is 21.6 Å². The Kier molecular flexibility index (Phi) is 7.75. The van der Waals surface area contributed by atoms with Crippen LogP contribution in [0.1, 0.15) is 24.0 Å². The Hall–Kier alpha value is -3.25. The van der Waals surface area contributed by atoms with E-state index in [1.54, 1.807) is 12.1 Å². The van der Waals surface area contributed by atoms with Crippen LogP contribution >= 0.6 is 11.6 Å². The Morgan fingerprint density at radius 3 is 2.55 bits per heavy atom. The van der Waals surface area contributed by atoms with Gasteiger partial charge in [0, 0.05) is 51.2 Å². The molecule has 2 saturated heterocycles. The molecule has 0 radical (unpaired) electrons. The van der Waals surface area contributed by atoms with Gasteiger partial charge in [0.05, 0.1) is 29.0 Å². The van der Waals surface area contributed by atoms with Gasteiger partial charge in [0.1, 0.15) is 23.3 Å². The van der Waals surface area contributed by atoms with Gasteiger partial charge in [-0.05, 0) is 30.5 Å². The molecule has 0 spiro atoms. The molecule has 2 aliphatic rings. The first kappa shape index (κ1) is 28.3. The number of anilines is 1. The molecule has 212 valence electrons. The Labute approximate surface area is 234 Å². The number of likely N-dealkylation sites (tertiary alicyclic amines) is 1. The molecule has 1 aromatic carbocycles. The van der Waals surface area contributed by atoms with Crippen molar-refractivity contribution in [2.45, 2.75) is 31.6 Å². The summed E-state index contributed by atoms with van der Waals surface area (Å²) in [6.07, 6.45) is 0.896. The highest BCUT2D eigenvalue weighted by Crippen LogP contribution is 2.36. The van der Waals surface area contributed by atoms with Crippen LogP contribution in [-0.2, 0) is 22.7 Å². The molecular formula is C25H26ClF3N8O2S. The number of imidazole rings is 1. The van der Waals surface area contributed by atoms with E-state index in [-0.39, 0.29) is 29.3 Å². The topological polar surface area (TPSA) is 120 Å². The number of halogens is 4. The highest BCUT2D eigenvalue weighted by atomic mass is 35.5. The summed E-state index contributed by atoms with van der Waals surface area (Å²) < 4.78 is 68.0. The molecule has 2 fully saturated rings. The van der Waals surface area contributed by atoms with E-state index in [9.17, 15) is 21.6 Å². The average molecular weight is 595 g/mol. The number of hydrogen-bond donors (Lipinski definition) is 1. The minimum absolute atomic E-state index is 0.00220. The van der Waals surface area contributed by atoms with E-state index in [4.69, 9.17) is 16.9 Å². The third kappa shape index (κ3) is 6.22. The Morgan fingerprint density at radius 2 is 1.93 bits per heavy atom. The first-order valence-corrected chi connectivity index (χ1v) is 14.7. The third-order valence-corrected chi connectivity index (χ3v) is 8.62. The summed E-state index contributed by atoms with van der Waals surface area (Å²) in [5, 5.41) is 12.4. The number of nitrogens with zero attached hydrogens (tertiary/aromatic N) is 7. The highest BCUT2D eigenvalue weighted by molar-refractivity contribution is 7.88. The maximum absolute atomic E-state index is 13.9. The lowest BCUT2D eigenvalue weighted by molar-refractivity contribution is -0.137. The van der Waals surface area contributed by atoms with E-state index in [1.165, 1.54) is 21.4 Å². The normalized spacial score (nSPS) is 17.9. The minimum Gasteiger partial charge on any atom is -0.351 e. The third-order valence-electron chi connectivity index (χ3n) is 7.01. The van der Waals surface area contributed by atoms with Crippen molar-refractivity contribution in [3.8, 4) is 23.1 Å². The molecule has 0 unspecified atom stereocenters. The second-order valence-corrected chi connectivity index (χ2v) is 12.4. The molecule has 1 N–H and O–H groups in total. The van der Waals surface area contributed by atoms with Gasteiger partial charge in [0.2, 0.25) is 16.0 Å². The largest absolute Gasteiger partial charge is 0.420 e. The van der Waals surface area contributed by atoms with Crippen LogP contribution in [0.15, 0.2) is 36.9 Å². The second kappa shape index (κ2) is 11.0. The minimum atomic E-state index is -4.71. The van der Waals surface area contributed by atoms with E-state index in [0.29, 0.717) is 56.3 Å². The fraction of sp³-hybridized carbons (Fsp3) is 0.440. The molecule has 5 rings (SSSR count). The van der Waals surface area contributed by atoms with Gasteiger partial charge >= 0.3 is 6.18 Å². The maximum Gasteiger partial charge on any atom is 0.420 e. The summed E-state index contributed by atoms with van der Waals surface area (Å²) in [4.78, 5) is 14.4.